The van der Waals surface area contributed by atoms with E-state index in [4.69, 9.17) is 9.84 Å². The molecule has 6 nitrogen and oxygen atoms in total. The fourth-order valence-corrected chi connectivity index (χ4v) is 0.707. The van der Waals surface area contributed by atoms with Crippen LogP contribution in [0.5, 0.6) is 0 Å². The SMILES string of the molecule is C=C(C)C(=O)NOC(=O)C(C)=C(C)OCCO. The van der Waals surface area contributed by atoms with Crippen molar-refractivity contribution in [2.24, 2.45) is 0 Å². The first-order chi connectivity index (χ1) is 7.90. The molecule has 17 heavy (non-hydrogen) atoms. The molecule has 0 heterocycles. The van der Waals surface area contributed by atoms with Gasteiger partial charge in [-0.2, -0.15) is 5.48 Å². The van der Waals surface area contributed by atoms with Crippen LogP contribution in [0.25, 0.3) is 0 Å². The van der Waals surface area contributed by atoms with E-state index in [-0.39, 0.29) is 24.4 Å². The molecule has 0 saturated carbocycles. The minimum absolute atomic E-state index is 0.0918. The number of ether oxygens (including phenoxy) is 1. The van der Waals surface area contributed by atoms with Gasteiger partial charge in [0, 0.05) is 5.57 Å². The zero-order valence-corrected chi connectivity index (χ0v) is 10.2. The maximum Gasteiger partial charge on any atom is 0.362 e. The Morgan fingerprint density at radius 3 is 2.35 bits per heavy atom. The van der Waals surface area contributed by atoms with Crippen molar-refractivity contribution in [3.63, 3.8) is 0 Å². The lowest BCUT2D eigenvalue weighted by atomic mass is 10.3. The lowest BCUT2D eigenvalue weighted by Crippen LogP contribution is -2.28. The average Bonchev–Trinajstić information content (AvgIpc) is 2.31. The van der Waals surface area contributed by atoms with Gasteiger partial charge in [-0.05, 0) is 20.8 Å². The molecule has 0 atom stereocenters. The van der Waals surface area contributed by atoms with E-state index in [1.807, 2.05) is 5.48 Å². The van der Waals surface area contributed by atoms with E-state index in [0.29, 0.717) is 5.76 Å². The van der Waals surface area contributed by atoms with Crippen molar-refractivity contribution in [1.82, 2.24) is 5.48 Å². The molecule has 0 saturated heterocycles. The van der Waals surface area contributed by atoms with Gasteiger partial charge in [-0.1, -0.05) is 6.58 Å². The molecule has 0 aromatic heterocycles. The van der Waals surface area contributed by atoms with Crippen molar-refractivity contribution in [3.05, 3.63) is 23.5 Å². The van der Waals surface area contributed by atoms with E-state index in [0.717, 1.165) is 0 Å². The van der Waals surface area contributed by atoms with Crippen molar-refractivity contribution in [2.45, 2.75) is 20.8 Å². The first-order valence-electron chi connectivity index (χ1n) is 4.98. The van der Waals surface area contributed by atoms with Gasteiger partial charge in [-0.25, -0.2) is 4.79 Å². The predicted molar refractivity (Wildman–Crippen MR) is 60.5 cm³/mol. The molecule has 0 bridgehead atoms. The van der Waals surface area contributed by atoms with E-state index >= 15 is 0 Å². The van der Waals surface area contributed by atoms with Gasteiger partial charge in [0.15, 0.2) is 0 Å². The first-order valence-corrected chi connectivity index (χ1v) is 4.98. The molecule has 0 rings (SSSR count). The first kappa shape index (κ1) is 15.2. The monoisotopic (exact) mass is 243 g/mol. The van der Waals surface area contributed by atoms with E-state index in [2.05, 4.69) is 11.4 Å². The Bertz CT molecular complexity index is 346. The number of carbonyl (C=O) groups is 2. The molecule has 0 unspecified atom stereocenters. The lowest BCUT2D eigenvalue weighted by Gasteiger charge is -2.09. The van der Waals surface area contributed by atoms with Gasteiger partial charge in [0.25, 0.3) is 5.91 Å². The Balaban J connectivity index is 4.31. The molecule has 2 N–H and O–H groups in total. The van der Waals surface area contributed by atoms with Crippen molar-refractivity contribution in [2.75, 3.05) is 13.2 Å². The van der Waals surface area contributed by atoms with Crippen LogP contribution in [-0.2, 0) is 19.2 Å². The van der Waals surface area contributed by atoms with Crippen LogP contribution in [0.15, 0.2) is 23.5 Å². The van der Waals surface area contributed by atoms with Gasteiger partial charge < -0.3 is 14.7 Å². The van der Waals surface area contributed by atoms with Gasteiger partial charge in [0.1, 0.15) is 12.4 Å². The molecule has 0 radical (unpaired) electrons. The molecule has 0 aromatic rings. The van der Waals surface area contributed by atoms with Crippen LogP contribution in [0.1, 0.15) is 20.8 Å². The number of rotatable bonds is 5. The summed E-state index contributed by atoms with van der Waals surface area (Å²) in [5.41, 5.74) is 2.38. The molecular formula is C11H17NO5. The minimum atomic E-state index is -0.727. The second-order valence-electron chi connectivity index (χ2n) is 3.35. The number of carbonyl (C=O) groups excluding carboxylic acids is 2. The van der Waals surface area contributed by atoms with E-state index in [1.54, 1.807) is 6.92 Å². The third-order valence-corrected chi connectivity index (χ3v) is 1.87. The van der Waals surface area contributed by atoms with Crippen molar-refractivity contribution < 1.29 is 24.3 Å². The van der Waals surface area contributed by atoms with Crippen LogP contribution in [-0.4, -0.2) is 30.2 Å². The summed E-state index contributed by atoms with van der Waals surface area (Å²) in [5.74, 6) is -0.969. The molecule has 0 aliphatic rings. The maximum absolute atomic E-state index is 11.4. The Kier molecular flexibility index (Phi) is 6.65. The van der Waals surface area contributed by atoms with Crippen molar-refractivity contribution in [3.8, 4) is 0 Å². The summed E-state index contributed by atoms with van der Waals surface area (Å²) in [6.07, 6.45) is 0. The minimum Gasteiger partial charge on any atom is -0.495 e. The Labute approximate surface area is 99.9 Å². The van der Waals surface area contributed by atoms with Gasteiger partial charge in [0.05, 0.1) is 12.2 Å². The fraction of sp³-hybridized carbons (Fsp3) is 0.455. The van der Waals surface area contributed by atoms with E-state index in [9.17, 15) is 9.59 Å². The second kappa shape index (κ2) is 7.45. The standard InChI is InChI=1S/C11H17NO5/c1-7(2)10(14)12-17-11(15)8(3)9(4)16-6-5-13/h13H,1,5-6H2,2-4H3,(H,12,14). The third-order valence-electron chi connectivity index (χ3n) is 1.87. The van der Waals surface area contributed by atoms with Crippen LogP contribution < -0.4 is 5.48 Å². The maximum atomic E-state index is 11.4. The molecule has 0 spiro atoms. The van der Waals surface area contributed by atoms with Gasteiger partial charge >= 0.3 is 5.97 Å². The highest BCUT2D eigenvalue weighted by Crippen LogP contribution is 2.06. The van der Waals surface area contributed by atoms with Crippen LogP contribution in [0.2, 0.25) is 0 Å². The molecule has 0 aliphatic heterocycles. The number of hydroxylamine groups is 1. The Morgan fingerprint density at radius 1 is 1.29 bits per heavy atom. The summed E-state index contributed by atoms with van der Waals surface area (Å²) in [6, 6.07) is 0. The Morgan fingerprint density at radius 2 is 1.88 bits per heavy atom. The molecule has 1 amide bonds. The zero-order valence-electron chi connectivity index (χ0n) is 10.2. The largest absolute Gasteiger partial charge is 0.495 e. The van der Waals surface area contributed by atoms with Crippen LogP contribution in [0.3, 0.4) is 0 Å². The second-order valence-corrected chi connectivity index (χ2v) is 3.35. The summed E-state index contributed by atoms with van der Waals surface area (Å²) in [7, 11) is 0. The van der Waals surface area contributed by atoms with Gasteiger partial charge in [-0.15, -0.1) is 0 Å². The highest BCUT2D eigenvalue weighted by atomic mass is 16.7. The van der Waals surface area contributed by atoms with Gasteiger partial charge in [-0.3, -0.25) is 4.79 Å². The number of allylic oxidation sites excluding steroid dienone is 1. The molecule has 0 aromatic carbocycles. The normalized spacial score (nSPS) is 11.3. The molecule has 0 fully saturated rings. The van der Waals surface area contributed by atoms with Crippen molar-refractivity contribution in [1.29, 1.82) is 0 Å². The number of hydrogen-bond acceptors (Lipinski definition) is 5. The smallest absolute Gasteiger partial charge is 0.362 e. The fourth-order valence-electron chi connectivity index (χ4n) is 0.707. The lowest BCUT2D eigenvalue weighted by molar-refractivity contribution is -0.153. The molecule has 6 heteroatoms. The number of amides is 1. The molecule has 0 aliphatic carbocycles. The summed E-state index contributed by atoms with van der Waals surface area (Å²) in [4.78, 5) is 27.0. The summed E-state index contributed by atoms with van der Waals surface area (Å²) in [6.45, 7) is 7.87. The van der Waals surface area contributed by atoms with Crippen LogP contribution in [0, 0.1) is 0 Å². The number of aliphatic hydroxyl groups is 1. The summed E-state index contributed by atoms with van der Waals surface area (Å²) < 4.78 is 5.03. The molecular weight excluding hydrogens is 226 g/mol. The highest BCUT2D eigenvalue weighted by molar-refractivity contribution is 5.94. The third kappa shape index (κ3) is 5.72. The highest BCUT2D eigenvalue weighted by Gasteiger charge is 2.12. The van der Waals surface area contributed by atoms with Crippen LogP contribution >= 0.6 is 0 Å². The molecule has 96 valence electrons. The quantitative estimate of drug-likeness (QED) is 0.416. The summed E-state index contributed by atoms with van der Waals surface area (Å²) >= 11 is 0. The van der Waals surface area contributed by atoms with E-state index < -0.39 is 11.9 Å². The van der Waals surface area contributed by atoms with Crippen molar-refractivity contribution >= 4 is 11.9 Å². The number of aliphatic hydroxyl groups excluding tert-OH is 1. The van der Waals surface area contributed by atoms with Crippen LogP contribution in [0.4, 0.5) is 0 Å². The van der Waals surface area contributed by atoms with E-state index in [1.165, 1.54) is 13.8 Å². The number of nitrogens with one attached hydrogen (secondary N) is 1. The Hall–Kier alpha value is -1.82. The van der Waals surface area contributed by atoms with Gasteiger partial charge in [0.2, 0.25) is 0 Å². The topological polar surface area (TPSA) is 84.9 Å². The zero-order chi connectivity index (χ0) is 13.4. The average molecular weight is 243 g/mol. The predicted octanol–water partition coefficient (Wildman–Crippen LogP) is 0.440. The number of hydrogen-bond donors (Lipinski definition) is 2. The summed E-state index contributed by atoms with van der Waals surface area (Å²) in [5, 5.41) is 8.54.